The molecule has 0 amide bonds. The van der Waals surface area contributed by atoms with Crippen molar-refractivity contribution >= 4 is 0 Å². The molecule has 2 rings (SSSR count). The molecule has 12 heavy (non-hydrogen) atoms. The van der Waals surface area contributed by atoms with E-state index in [9.17, 15) is 0 Å². The zero-order valence-electron chi connectivity index (χ0n) is 8.78. The van der Waals surface area contributed by atoms with E-state index in [-0.39, 0.29) is 0 Å². The maximum Gasteiger partial charge on any atom is 0.0126 e. The van der Waals surface area contributed by atoms with Crippen LogP contribution < -0.4 is 5.32 Å². The number of hydrogen-bond acceptors (Lipinski definition) is 1. The van der Waals surface area contributed by atoms with Crippen LogP contribution in [0.25, 0.3) is 0 Å². The molecule has 2 saturated carbocycles. The maximum absolute atomic E-state index is 3.49. The Kier molecular flexibility index (Phi) is 1.61. The van der Waals surface area contributed by atoms with Crippen LogP contribution in [0.4, 0.5) is 0 Å². The van der Waals surface area contributed by atoms with Crippen molar-refractivity contribution in [3.05, 3.63) is 0 Å². The SMILES string of the molecule is CN[C@@H]1C[C@H]2CC[C@@]1(C)C2(C)C. The van der Waals surface area contributed by atoms with Gasteiger partial charge in [0.1, 0.15) is 0 Å². The van der Waals surface area contributed by atoms with Gasteiger partial charge < -0.3 is 5.32 Å². The van der Waals surface area contributed by atoms with Crippen LogP contribution in [0.5, 0.6) is 0 Å². The zero-order valence-corrected chi connectivity index (χ0v) is 8.78. The minimum Gasteiger partial charge on any atom is -0.316 e. The van der Waals surface area contributed by atoms with Crippen molar-refractivity contribution in [3.63, 3.8) is 0 Å². The normalized spacial score (nSPS) is 50.0. The van der Waals surface area contributed by atoms with Crippen LogP contribution in [0.2, 0.25) is 0 Å². The van der Waals surface area contributed by atoms with Crippen LogP contribution in [0.3, 0.4) is 0 Å². The molecular formula is C11H21N. The van der Waals surface area contributed by atoms with Gasteiger partial charge in [0, 0.05) is 6.04 Å². The lowest BCUT2D eigenvalue weighted by Crippen LogP contribution is -2.42. The summed E-state index contributed by atoms with van der Waals surface area (Å²) in [6.07, 6.45) is 4.29. The molecule has 0 aliphatic heterocycles. The van der Waals surface area contributed by atoms with Crippen LogP contribution in [-0.4, -0.2) is 13.1 Å². The summed E-state index contributed by atoms with van der Waals surface area (Å²) in [7, 11) is 2.12. The topological polar surface area (TPSA) is 12.0 Å². The molecule has 1 nitrogen and oxygen atoms in total. The van der Waals surface area contributed by atoms with Crippen LogP contribution >= 0.6 is 0 Å². The molecule has 0 aromatic rings. The highest BCUT2D eigenvalue weighted by Crippen LogP contribution is 2.65. The van der Waals surface area contributed by atoms with Gasteiger partial charge in [-0.25, -0.2) is 0 Å². The first kappa shape index (κ1) is 8.55. The van der Waals surface area contributed by atoms with E-state index in [0.717, 1.165) is 12.0 Å². The molecule has 0 aromatic heterocycles. The minimum atomic E-state index is 0.562. The van der Waals surface area contributed by atoms with E-state index in [0.29, 0.717) is 10.8 Å². The van der Waals surface area contributed by atoms with Crippen molar-refractivity contribution in [2.45, 2.75) is 46.1 Å². The quantitative estimate of drug-likeness (QED) is 0.632. The second-order valence-electron chi connectivity index (χ2n) is 5.45. The Bertz CT molecular complexity index is 197. The number of nitrogens with one attached hydrogen (secondary N) is 1. The molecule has 0 spiro atoms. The predicted octanol–water partition coefficient (Wildman–Crippen LogP) is 2.42. The number of rotatable bonds is 1. The van der Waals surface area contributed by atoms with E-state index in [1.54, 1.807) is 0 Å². The second kappa shape index (κ2) is 2.25. The summed E-state index contributed by atoms with van der Waals surface area (Å²) in [5.41, 5.74) is 1.13. The molecule has 0 heterocycles. The van der Waals surface area contributed by atoms with E-state index >= 15 is 0 Å². The summed E-state index contributed by atoms with van der Waals surface area (Å²) < 4.78 is 0. The molecule has 0 aromatic carbocycles. The molecule has 3 atom stereocenters. The molecule has 2 aliphatic rings. The second-order valence-corrected chi connectivity index (χ2v) is 5.45. The molecule has 0 saturated heterocycles. The van der Waals surface area contributed by atoms with Gasteiger partial charge in [0.05, 0.1) is 0 Å². The Morgan fingerprint density at radius 1 is 1.25 bits per heavy atom. The number of hydrogen-bond donors (Lipinski definition) is 1. The fourth-order valence-corrected chi connectivity index (χ4v) is 3.64. The van der Waals surface area contributed by atoms with Crippen molar-refractivity contribution < 1.29 is 0 Å². The highest BCUT2D eigenvalue weighted by Gasteiger charge is 2.60. The highest BCUT2D eigenvalue weighted by atomic mass is 14.9. The van der Waals surface area contributed by atoms with Gasteiger partial charge in [0.15, 0.2) is 0 Å². The first-order valence-electron chi connectivity index (χ1n) is 5.19. The highest BCUT2D eigenvalue weighted by molar-refractivity contribution is 5.12. The van der Waals surface area contributed by atoms with Gasteiger partial charge in [-0.3, -0.25) is 0 Å². The van der Waals surface area contributed by atoms with Crippen LogP contribution in [0.1, 0.15) is 40.0 Å². The molecule has 2 fully saturated rings. The van der Waals surface area contributed by atoms with Crippen LogP contribution in [0.15, 0.2) is 0 Å². The van der Waals surface area contributed by atoms with Crippen molar-refractivity contribution in [2.24, 2.45) is 16.7 Å². The lowest BCUT2D eigenvalue weighted by Gasteiger charge is -2.39. The Balaban J connectivity index is 2.33. The Labute approximate surface area is 75.9 Å². The van der Waals surface area contributed by atoms with Crippen LogP contribution in [0, 0.1) is 16.7 Å². The van der Waals surface area contributed by atoms with Gasteiger partial charge in [-0.05, 0) is 43.1 Å². The average Bonchev–Trinajstić information content (AvgIpc) is 2.34. The Morgan fingerprint density at radius 2 is 1.92 bits per heavy atom. The maximum atomic E-state index is 3.49. The van der Waals surface area contributed by atoms with Gasteiger partial charge in [-0.15, -0.1) is 0 Å². The Morgan fingerprint density at radius 3 is 2.17 bits per heavy atom. The third-order valence-electron chi connectivity index (χ3n) is 5.14. The van der Waals surface area contributed by atoms with E-state index in [1.807, 2.05) is 0 Å². The molecule has 0 unspecified atom stereocenters. The molecular weight excluding hydrogens is 146 g/mol. The smallest absolute Gasteiger partial charge is 0.0126 e. The molecule has 70 valence electrons. The monoisotopic (exact) mass is 167 g/mol. The Hall–Kier alpha value is -0.0400. The first-order chi connectivity index (χ1) is 5.52. The van der Waals surface area contributed by atoms with E-state index in [1.165, 1.54) is 19.3 Å². The third-order valence-corrected chi connectivity index (χ3v) is 5.14. The average molecular weight is 167 g/mol. The summed E-state index contributed by atoms with van der Waals surface area (Å²) >= 11 is 0. The third kappa shape index (κ3) is 0.736. The fraction of sp³-hybridized carbons (Fsp3) is 1.00. The van der Waals surface area contributed by atoms with Crippen molar-refractivity contribution in [1.82, 2.24) is 5.32 Å². The molecule has 1 N–H and O–H groups in total. The molecule has 2 bridgehead atoms. The first-order valence-corrected chi connectivity index (χ1v) is 5.19. The lowest BCUT2D eigenvalue weighted by molar-refractivity contribution is 0.125. The standard InChI is InChI=1S/C11H21N/c1-10(2)8-5-6-11(10,3)9(7-8)12-4/h8-9,12H,5-7H2,1-4H3/t8-,9-,11-/m1/s1. The zero-order chi connectivity index (χ0) is 8.98. The van der Waals surface area contributed by atoms with Gasteiger partial charge in [-0.2, -0.15) is 0 Å². The summed E-state index contributed by atoms with van der Waals surface area (Å²) in [6.45, 7) is 7.39. The van der Waals surface area contributed by atoms with Crippen molar-refractivity contribution in [1.29, 1.82) is 0 Å². The van der Waals surface area contributed by atoms with Gasteiger partial charge in [-0.1, -0.05) is 20.8 Å². The summed E-state index contributed by atoms with van der Waals surface area (Å²) in [4.78, 5) is 0. The predicted molar refractivity (Wildman–Crippen MR) is 52.1 cm³/mol. The van der Waals surface area contributed by atoms with E-state index < -0.39 is 0 Å². The lowest BCUT2D eigenvalue weighted by atomic mass is 9.69. The summed E-state index contributed by atoms with van der Waals surface area (Å²) in [6, 6.07) is 0.770. The molecule has 1 heteroatoms. The van der Waals surface area contributed by atoms with Crippen LogP contribution in [-0.2, 0) is 0 Å². The van der Waals surface area contributed by atoms with E-state index in [4.69, 9.17) is 0 Å². The minimum absolute atomic E-state index is 0.562. The molecule has 0 radical (unpaired) electrons. The van der Waals surface area contributed by atoms with Gasteiger partial charge in [0.2, 0.25) is 0 Å². The largest absolute Gasteiger partial charge is 0.316 e. The summed E-state index contributed by atoms with van der Waals surface area (Å²) in [5, 5.41) is 3.49. The molecule has 2 aliphatic carbocycles. The fourth-order valence-electron chi connectivity index (χ4n) is 3.64. The van der Waals surface area contributed by atoms with E-state index in [2.05, 4.69) is 33.1 Å². The van der Waals surface area contributed by atoms with Crippen molar-refractivity contribution in [3.8, 4) is 0 Å². The summed E-state index contributed by atoms with van der Waals surface area (Å²) in [5.74, 6) is 0.972. The van der Waals surface area contributed by atoms with Gasteiger partial charge >= 0.3 is 0 Å². The number of fused-ring (bicyclic) bond motifs is 2. The van der Waals surface area contributed by atoms with Gasteiger partial charge in [0.25, 0.3) is 0 Å². The van der Waals surface area contributed by atoms with Crippen molar-refractivity contribution in [2.75, 3.05) is 7.05 Å².